The molecular weight excluding hydrogens is 309 g/mol. The molecule has 3 aliphatic heterocycles. The molecule has 0 radical (unpaired) electrons. The van der Waals surface area contributed by atoms with Crippen molar-refractivity contribution in [2.45, 2.75) is 37.6 Å². The molecule has 1 aliphatic carbocycles. The fourth-order valence-electron chi connectivity index (χ4n) is 4.07. The lowest BCUT2D eigenvalue weighted by Gasteiger charge is -2.44. The van der Waals surface area contributed by atoms with Crippen molar-refractivity contribution in [1.82, 2.24) is 15.2 Å². The van der Waals surface area contributed by atoms with Crippen LogP contribution in [0, 0.1) is 11.7 Å². The minimum Gasteiger partial charge on any atom is -0.440 e. The number of nitrogens with one attached hydrogen (secondary N) is 1. The Hall–Kier alpha value is -1.95. The number of carbonyl (C=O) groups excluding carboxylic acids is 1. The standard InChI is InChI=1S/C18H20FN3O2/c19-12-7-13(16-15(8-12)24-18(21-16)11-1-2-11)17(23)20-14-9-22-5-3-10(14)4-6-22/h7-8,10-11,14H,1-6,9H2,(H,20,23). The number of fused-ring (bicyclic) bond motifs is 4. The van der Waals surface area contributed by atoms with Crippen LogP contribution in [0.25, 0.3) is 11.1 Å². The fourth-order valence-corrected chi connectivity index (χ4v) is 4.07. The molecule has 5 nitrogen and oxygen atoms in total. The Morgan fingerprint density at radius 2 is 2.04 bits per heavy atom. The van der Waals surface area contributed by atoms with Crippen LogP contribution in [0.4, 0.5) is 4.39 Å². The summed E-state index contributed by atoms with van der Waals surface area (Å²) in [5.41, 5.74) is 1.14. The Bertz CT molecular complexity index is 806. The predicted molar refractivity (Wildman–Crippen MR) is 86.4 cm³/mol. The molecule has 6 rings (SSSR count). The highest BCUT2D eigenvalue weighted by molar-refractivity contribution is 6.04. The van der Waals surface area contributed by atoms with Gasteiger partial charge in [-0.25, -0.2) is 9.37 Å². The van der Waals surface area contributed by atoms with Gasteiger partial charge in [0.1, 0.15) is 11.3 Å². The third kappa shape index (κ3) is 2.40. The summed E-state index contributed by atoms with van der Waals surface area (Å²) < 4.78 is 19.6. The second kappa shape index (κ2) is 5.28. The first-order valence-corrected chi connectivity index (χ1v) is 8.80. The van der Waals surface area contributed by atoms with Gasteiger partial charge < -0.3 is 14.6 Å². The Labute approximate surface area is 139 Å². The molecule has 1 atom stereocenters. The Morgan fingerprint density at radius 1 is 1.25 bits per heavy atom. The van der Waals surface area contributed by atoms with E-state index in [0.717, 1.165) is 45.3 Å². The maximum atomic E-state index is 13.9. The molecule has 0 spiro atoms. The summed E-state index contributed by atoms with van der Waals surface area (Å²) in [5, 5.41) is 3.11. The van der Waals surface area contributed by atoms with Gasteiger partial charge in [-0.2, -0.15) is 0 Å². The average molecular weight is 329 g/mol. The van der Waals surface area contributed by atoms with Crippen molar-refractivity contribution >= 4 is 17.0 Å². The number of hydrogen-bond acceptors (Lipinski definition) is 4. The van der Waals surface area contributed by atoms with Gasteiger partial charge in [-0.15, -0.1) is 0 Å². The van der Waals surface area contributed by atoms with Gasteiger partial charge in [-0.1, -0.05) is 0 Å². The van der Waals surface area contributed by atoms with Crippen molar-refractivity contribution < 1.29 is 13.6 Å². The second-order valence-electron chi connectivity index (χ2n) is 7.34. The lowest BCUT2D eigenvalue weighted by Crippen LogP contribution is -2.57. The molecule has 2 aromatic rings. The van der Waals surface area contributed by atoms with E-state index in [1.165, 1.54) is 12.1 Å². The third-order valence-electron chi connectivity index (χ3n) is 5.62. The predicted octanol–water partition coefficient (Wildman–Crippen LogP) is 2.67. The average Bonchev–Trinajstić information content (AvgIpc) is 3.35. The number of nitrogens with zero attached hydrogens (tertiary/aromatic N) is 2. The molecule has 2 bridgehead atoms. The minimum absolute atomic E-state index is 0.146. The Morgan fingerprint density at radius 3 is 2.71 bits per heavy atom. The van der Waals surface area contributed by atoms with Crippen LogP contribution in [-0.4, -0.2) is 41.5 Å². The van der Waals surface area contributed by atoms with Gasteiger partial charge in [-0.3, -0.25) is 4.79 Å². The number of rotatable bonds is 3. The summed E-state index contributed by atoms with van der Waals surface area (Å²) in [6.45, 7) is 3.13. The monoisotopic (exact) mass is 329 g/mol. The number of aromatic nitrogens is 1. The van der Waals surface area contributed by atoms with Crippen molar-refractivity contribution in [3.8, 4) is 0 Å². The highest BCUT2D eigenvalue weighted by Crippen LogP contribution is 2.41. The van der Waals surface area contributed by atoms with Gasteiger partial charge in [0.25, 0.3) is 5.91 Å². The van der Waals surface area contributed by atoms with Crippen LogP contribution >= 0.6 is 0 Å². The largest absolute Gasteiger partial charge is 0.440 e. The molecule has 4 heterocycles. The molecule has 1 N–H and O–H groups in total. The molecule has 1 saturated carbocycles. The van der Waals surface area contributed by atoms with Gasteiger partial charge >= 0.3 is 0 Å². The van der Waals surface area contributed by atoms with Gasteiger partial charge in [0.15, 0.2) is 11.5 Å². The fraction of sp³-hybridized carbons (Fsp3) is 0.556. The van der Waals surface area contributed by atoms with E-state index in [1.54, 1.807) is 0 Å². The van der Waals surface area contributed by atoms with E-state index in [0.29, 0.717) is 28.8 Å². The zero-order valence-electron chi connectivity index (χ0n) is 13.4. The van der Waals surface area contributed by atoms with Crippen LogP contribution in [0.1, 0.15) is 47.8 Å². The highest BCUT2D eigenvalue weighted by atomic mass is 19.1. The molecule has 4 aliphatic rings. The number of oxazole rings is 1. The summed E-state index contributed by atoms with van der Waals surface area (Å²) in [7, 11) is 0. The Kier molecular flexibility index (Phi) is 3.16. The van der Waals surface area contributed by atoms with Crippen LogP contribution in [-0.2, 0) is 0 Å². The van der Waals surface area contributed by atoms with E-state index in [9.17, 15) is 9.18 Å². The van der Waals surface area contributed by atoms with Gasteiger partial charge in [0.2, 0.25) is 0 Å². The lowest BCUT2D eigenvalue weighted by molar-refractivity contribution is 0.0621. The molecular formula is C18H20FN3O2. The summed E-state index contributed by atoms with van der Waals surface area (Å²) in [4.78, 5) is 19.6. The van der Waals surface area contributed by atoms with E-state index in [1.807, 2.05) is 0 Å². The van der Waals surface area contributed by atoms with Crippen molar-refractivity contribution in [2.75, 3.05) is 19.6 Å². The van der Waals surface area contributed by atoms with Crippen LogP contribution in [0.5, 0.6) is 0 Å². The molecule has 1 unspecified atom stereocenters. The third-order valence-corrected chi connectivity index (χ3v) is 5.62. The molecule has 1 aromatic heterocycles. The van der Waals surface area contributed by atoms with Gasteiger partial charge in [0.05, 0.1) is 5.56 Å². The normalized spacial score (nSPS) is 29.1. The summed E-state index contributed by atoms with van der Waals surface area (Å²) >= 11 is 0. The number of amides is 1. The molecule has 126 valence electrons. The van der Waals surface area contributed by atoms with E-state index in [2.05, 4.69) is 15.2 Å². The van der Waals surface area contributed by atoms with Crippen LogP contribution in [0.2, 0.25) is 0 Å². The van der Waals surface area contributed by atoms with E-state index in [-0.39, 0.29) is 17.5 Å². The van der Waals surface area contributed by atoms with Gasteiger partial charge in [-0.05, 0) is 50.8 Å². The maximum absolute atomic E-state index is 13.9. The maximum Gasteiger partial charge on any atom is 0.253 e. The molecule has 6 heteroatoms. The highest BCUT2D eigenvalue weighted by Gasteiger charge is 2.35. The number of benzene rings is 1. The summed E-state index contributed by atoms with van der Waals surface area (Å²) in [6, 6.07) is 2.74. The molecule has 24 heavy (non-hydrogen) atoms. The van der Waals surface area contributed by atoms with Crippen molar-refractivity contribution in [3.63, 3.8) is 0 Å². The zero-order valence-corrected chi connectivity index (χ0v) is 13.4. The zero-order chi connectivity index (χ0) is 16.3. The van der Waals surface area contributed by atoms with E-state index in [4.69, 9.17) is 4.42 Å². The van der Waals surface area contributed by atoms with Crippen molar-refractivity contribution in [2.24, 2.45) is 5.92 Å². The van der Waals surface area contributed by atoms with Crippen molar-refractivity contribution in [3.05, 3.63) is 29.4 Å². The summed E-state index contributed by atoms with van der Waals surface area (Å²) in [6.07, 6.45) is 4.35. The lowest BCUT2D eigenvalue weighted by atomic mass is 9.84. The van der Waals surface area contributed by atoms with E-state index >= 15 is 0 Å². The van der Waals surface area contributed by atoms with E-state index < -0.39 is 5.82 Å². The molecule has 1 aromatic carbocycles. The molecule has 4 fully saturated rings. The quantitative estimate of drug-likeness (QED) is 0.940. The first-order valence-electron chi connectivity index (χ1n) is 8.80. The van der Waals surface area contributed by atoms with Crippen LogP contribution in [0.15, 0.2) is 16.5 Å². The summed E-state index contributed by atoms with van der Waals surface area (Å²) in [5.74, 6) is 0.794. The second-order valence-corrected chi connectivity index (χ2v) is 7.34. The SMILES string of the molecule is O=C(NC1CN2CCC1CC2)c1cc(F)cc2oc(C3CC3)nc12. The number of piperidine rings is 3. The number of halogens is 1. The first-order chi connectivity index (χ1) is 11.7. The smallest absolute Gasteiger partial charge is 0.253 e. The van der Waals surface area contributed by atoms with Crippen molar-refractivity contribution in [1.29, 1.82) is 0 Å². The first kappa shape index (κ1) is 14.4. The molecule has 1 amide bonds. The van der Waals surface area contributed by atoms with Gasteiger partial charge in [0, 0.05) is 24.6 Å². The van der Waals surface area contributed by atoms with Crippen LogP contribution < -0.4 is 5.32 Å². The topological polar surface area (TPSA) is 58.4 Å². The number of carbonyl (C=O) groups is 1. The number of hydrogen-bond donors (Lipinski definition) is 1. The Balaban J connectivity index is 1.45. The van der Waals surface area contributed by atoms with Crippen LogP contribution in [0.3, 0.4) is 0 Å². The molecule has 3 saturated heterocycles. The minimum atomic E-state index is -0.458.